The largest absolute Gasteiger partial charge is 0.359 e. The minimum atomic E-state index is -0.0378. The molecule has 1 aromatic rings. The summed E-state index contributed by atoms with van der Waals surface area (Å²) in [5.41, 5.74) is 0.907. The van der Waals surface area contributed by atoms with Gasteiger partial charge >= 0.3 is 0 Å². The average molecular weight is 256 g/mol. The van der Waals surface area contributed by atoms with E-state index in [1.54, 1.807) is 13.1 Å². The van der Waals surface area contributed by atoms with Crippen molar-refractivity contribution in [3.63, 3.8) is 0 Å². The summed E-state index contributed by atoms with van der Waals surface area (Å²) >= 11 is 5.81. The van der Waals surface area contributed by atoms with Crippen molar-refractivity contribution < 1.29 is 4.79 Å². The standard InChI is InChI=1S/C12H18ClN3O/c1-9(12(17)14-2)7-16(3)8-10-5-4-6-11(13)15-10/h4-6,9H,7-8H2,1-3H3,(H,14,17). The van der Waals surface area contributed by atoms with E-state index in [2.05, 4.69) is 15.2 Å². The molecule has 94 valence electrons. The lowest BCUT2D eigenvalue weighted by molar-refractivity contribution is -0.124. The van der Waals surface area contributed by atoms with Gasteiger partial charge in [0.15, 0.2) is 0 Å². The van der Waals surface area contributed by atoms with Crippen molar-refractivity contribution >= 4 is 17.5 Å². The highest BCUT2D eigenvalue weighted by Crippen LogP contribution is 2.08. The fourth-order valence-electron chi connectivity index (χ4n) is 1.68. The number of rotatable bonds is 5. The number of carbonyl (C=O) groups excluding carboxylic acids is 1. The van der Waals surface area contributed by atoms with Crippen LogP contribution in [0.1, 0.15) is 12.6 Å². The second kappa shape index (κ2) is 6.57. The topological polar surface area (TPSA) is 45.2 Å². The molecule has 5 heteroatoms. The molecule has 1 N–H and O–H groups in total. The number of aromatic nitrogens is 1. The molecule has 0 aliphatic heterocycles. The van der Waals surface area contributed by atoms with Crippen molar-refractivity contribution in [2.24, 2.45) is 5.92 Å². The van der Waals surface area contributed by atoms with E-state index < -0.39 is 0 Å². The highest BCUT2D eigenvalue weighted by Gasteiger charge is 2.13. The molecule has 1 rings (SSSR count). The van der Waals surface area contributed by atoms with Gasteiger partial charge in [0.05, 0.1) is 5.69 Å². The summed E-state index contributed by atoms with van der Waals surface area (Å²) in [6, 6.07) is 5.55. The maximum atomic E-state index is 11.4. The average Bonchev–Trinajstić information content (AvgIpc) is 2.27. The second-order valence-corrected chi connectivity index (χ2v) is 4.55. The highest BCUT2D eigenvalue weighted by molar-refractivity contribution is 6.29. The number of amides is 1. The van der Waals surface area contributed by atoms with Crippen LogP contribution in [0.15, 0.2) is 18.2 Å². The van der Waals surface area contributed by atoms with Gasteiger partial charge in [-0.1, -0.05) is 24.6 Å². The van der Waals surface area contributed by atoms with E-state index in [0.717, 1.165) is 5.69 Å². The van der Waals surface area contributed by atoms with E-state index >= 15 is 0 Å². The number of nitrogens with one attached hydrogen (secondary N) is 1. The molecule has 1 amide bonds. The summed E-state index contributed by atoms with van der Waals surface area (Å²) in [6.45, 7) is 3.27. The third-order valence-electron chi connectivity index (χ3n) is 2.48. The first-order valence-electron chi connectivity index (χ1n) is 5.54. The molecule has 17 heavy (non-hydrogen) atoms. The Bertz CT molecular complexity index is 384. The van der Waals surface area contributed by atoms with Crippen molar-refractivity contribution in [2.45, 2.75) is 13.5 Å². The Hall–Kier alpha value is -1.13. The van der Waals surface area contributed by atoms with E-state index in [-0.39, 0.29) is 11.8 Å². The van der Waals surface area contributed by atoms with E-state index in [9.17, 15) is 4.79 Å². The monoisotopic (exact) mass is 255 g/mol. The molecule has 1 heterocycles. The quantitative estimate of drug-likeness (QED) is 0.812. The van der Waals surface area contributed by atoms with Crippen molar-refractivity contribution in [1.29, 1.82) is 0 Å². The van der Waals surface area contributed by atoms with Crippen LogP contribution in [0, 0.1) is 5.92 Å². The van der Waals surface area contributed by atoms with Crippen molar-refractivity contribution in [1.82, 2.24) is 15.2 Å². The van der Waals surface area contributed by atoms with E-state index in [1.807, 2.05) is 26.1 Å². The molecule has 0 aliphatic carbocycles. The lowest BCUT2D eigenvalue weighted by Crippen LogP contribution is -2.34. The van der Waals surface area contributed by atoms with Gasteiger partial charge in [-0.05, 0) is 19.2 Å². The number of halogens is 1. The van der Waals surface area contributed by atoms with Gasteiger partial charge in [0.1, 0.15) is 5.15 Å². The van der Waals surface area contributed by atoms with Crippen LogP contribution in [0.4, 0.5) is 0 Å². The molecule has 1 unspecified atom stereocenters. The Morgan fingerprint density at radius 2 is 2.29 bits per heavy atom. The SMILES string of the molecule is CNC(=O)C(C)CN(C)Cc1cccc(Cl)n1. The van der Waals surface area contributed by atoms with Gasteiger partial charge < -0.3 is 5.32 Å². The predicted octanol–water partition coefficient (Wildman–Crippen LogP) is 1.55. The Morgan fingerprint density at radius 3 is 2.88 bits per heavy atom. The second-order valence-electron chi connectivity index (χ2n) is 4.16. The molecule has 0 aliphatic rings. The summed E-state index contributed by atoms with van der Waals surface area (Å²) in [7, 11) is 3.61. The number of hydrogen-bond acceptors (Lipinski definition) is 3. The summed E-state index contributed by atoms with van der Waals surface area (Å²) in [6.07, 6.45) is 0. The van der Waals surface area contributed by atoms with Crippen molar-refractivity contribution in [2.75, 3.05) is 20.6 Å². The molecule has 0 fully saturated rings. The van der Waals surface area contributed by atoms with Gasteiger partial charge in [-0.25, -0.2) is 4.98 Å². The van der Waals surface area contributed by atoms with Crippen molar-refractivity contribution in [3.8, 4) is 0 Å². The molecule has 1 atom stereocenters. The van der Waals surface area contributed by atoms with E-state index in [0.29, 0.717) is 18.2 Å². The molecule has 0 radical (unpaired) electrons. The van der Waals surface area contributed by atoms with Crippen molar-refractivity contribution in [3.05, 3.63) is 29.0 Å². The van der Waals surface area contributed by atoms with Gasteiger partial charge in [-0.2, -0.15) is 0 Å². The van der Waals surface area contributed by atoms with E-state index in [1.165, 1.54) is 0 Å². The molecule has 1 aromatic heterocycles. The first-order chi connectivity index (χ1) is 8.02. The van der Waals surface area contributed by atoms with Crippen LogP contribution in [0.5, 0.6) is 0 Å². The zero-order chi connectivity index (χ0) is 12.8. The maximum Gasteiger partial charge on any atom is 0.223 e. The molecule has 0 spiro atoms. The van der Waals surface area contributed by atoms with Crippen LogP contribution in [0.3, 0.4) is 0 Å². The van der Waals surface area contributed by atoms with Gasteiger partial charge in [0.25, 0.3) is 0 Å². The number of pyridine rings is 1. The summed E-state index contributed by atoms with van der Waals surface area (Å²) < 4.78 is 0. The summed E-state index contributed by atoms with van der Waals surface area (Å²) in [5.74, 6) is 0.0140. The highest BCUT2D eigenvalue weighted by atomic mass is 35.5. The number of hydrogen-bond donors (Lipinski definition) is 1. The Balaban J connectivity index is 2.49. The predicted molar refractivity (Wildman–Crippen MR) is 68.8 cm³/mol. The molecule has 0 saturated carbocycles. The van der Waals surface area contributed by atoms with Gasteiger partial charge in [-0.15, -0.1) is 0 Å². The van der Waals surface area contributed by atoms with Crippen LogP contribution >= 0.6 is 11.6 Å². The Morgan fingerprint density at radius 1 is 1.59 bits per heavy atom. The first-order valence-corrected chi connectivity index (χ1v) is 5.92. The third kappa shape index (κ3) is 4.71. The zero-order valence-electron chi connectivity index (χ0n) is 10.4. The number of nitrogens with zero attached hydrogens (tertiary/aromatic N) is 2. The Kier molecular flexibility index (Phi) is 5.38. The fourth-order valence-corrected chi connectivity index (χ4v) is 1.86. The van der Waals surface area contributed by atoms with Crippen LogP contribution < -0.4 is 5.32 Å². The van der Waals surface area contributed by atoms with Gasteiger partial charge in [0.2, 0.25) is 5.91 Å². The lowest BCUT2D eigenvalue weighted by Gasteiger charge is -2.19. The van der Waals surface area contributed by atoms with Crippen LogP contribution in [-0.2, 0) is 11.3 Å². The number of carbonyl (C=O) groups is 1. The summed E-state index contributed by atoms with van der Waals surface area (Å²) in [4.78, 5) is 17.6. The molecule has 0 bridgehead atoms. The molecule has 0 aromatic carbocycles. The van der Waals surface area contributed by atoms with Gasteiger partial charge in [-0.3, -0.25) is 9.69 Å². The lowest BCUT2D eigenvalue weighted by atomic mass is 10.1. The molecular weight excluding hydrogens is 238 g/mol. The third-order valence-corrected chi connectivity index (χ3v) is 2.69. The minimum absolute atomic E-state index is 0.0378. The van der Waals surface area contributed by atoms with E-state index in [4.69, 9.17) is 11.6 Å². The first kappa shape index (κ1) is 13.9. The zero-order valence-corrected chi connectivity index (χ0v) is 11.2. The van der Waals surface area contributed by atoms with Gasteiger partial charge in [0, 0.05) is 26.1 Å². The summed E-state index contributed by atoms with van der Waals surface area (Å²) in [5, 5.41) is 3.14. The molecule has 0 saturated heterocycles. The normalized spacial score (nSPS) is 12.5. The maximum absolute atomic E-state index is 11.4. The molecular formula is C12H18ClN3O. The Labute approximate surface area is 107 Å². The van der Waals surface area contributed by atoms with Crippen LogP contribution in [0.2, 0.25) is 5.15 Å². The smallest absolute Gasteiger partial charge is 0.223 e. The molecule has 4 nitrogen and oxygen atoms in total. The fraction of sp³-hybridized carbons (Fsp3) is 0.500. The van der Waals surface area contributed by atoms with Crippen LogP contribution in [0.25, 0.3) is 0 Å². The van der Waals surface area contributed by atoms with Crippen LogP contribution in [-0.4, -0.2) is 36.4 Å². The minimum Gasteiger partial charge on any atom is -0.359 e.